The molecule has 1 saturated carbocycles. The fourth-order valence-corrected chi connectivity index (χ4v) is 3.71. The third-order valence-corrected chi connectivity index (χ3v) is 5.24. The van der Waals surface area contributed by atoms with E-state index in [-0.39, 0.29) is 0 Å². The van der Waals surface area contributed by atoms with Crippen molar-refractivity contribution >= 4 is 0 Å². The maximum absolute atomic E-state index is 6.09. The summed E-state index contributed by atoms with van der Waals surface area (Å²) in [5.74, 6) is 0. The maximum Gasteiger partial charge on any atom is 0.0702 e. The summed E-state index contributed by atoms with van der Waals surface area (Å²) in [6, 6.07) is 0. The molecule has 0 bridgehead atoms. The molecule has 1 atom stereocenters. The van der Waals surface area contributed by atoms with Gasteiger partial charge in [-0.3, -0.25) is 0 Å². The Morgan fingerprint density at radius 3 is 2.58 bits per heavy atom. The zero-order chi connectivity index (χ0) is 13.6. The highest BCUT2D eigenvalue weighted by molar-refractivity contribution is 4.85. The van der Waals surface area contributed by atoms with Crippen LogP contribution in [0, 0.1) is 5.41 Å². The predicted octanol–water partition coefficient (Wildman–Crippen LogP) is 2.79. The van der Waals surface area contributed by atoms with Crippen LogP contribution >= 0.6 is 0 Å². The van der Waals surface area contributed by atoms with E-state index in [2.05, 4.69) is 11.8 Å². The molecule has 2 rings (SSSR count). The number of nitrogens with two attached hydrogens (primary N) is 1. The van der Waals surface area contributed by atoms with E-state index in [9.17, 15) is 0 Å². The van der Waals surface area contributed by atoms with E-state index < -0.39 is 0 Å². The van der Waals surface area contributed by atoms with Crippen LogP contribution in [0.4, 0.5) is 0 Å². The Labute approximate surface area is 118 Å². The number of rotatable bonds is 7. The molecule has 2 fully saturated rings. The molecular weight excluding hydrogens is 236 g/mol. The summed E-state index contributed by atoms with van der Waals surface area (Å²) >= 11 is 0. The Morgan fingerprint density at radius 2 is 2.00 bits per heavy atom. The van der Waals surface area contributed by atoms with Crippen LogP contribution in [0.2, 0.25) is 0 Å². The highest BCUT2D eigenvalue weighted by Gasteiger charge is 2.31. The second kappa shape index (κ2) is 7.61. The Balaban J connectivity index is 1.76. The molecule has 2 aliphatic rings. The lowest BCUT2D eigenvalue weighted by Gasteiger charge is -2.38. The molecule has 112 valence electrons. The number of nitrogens with zero attached hydrogens (tertiary/aromatic N) is 1. The van der Waals surface area contributed by atoms with Crippen molar-refractivity contribution in [3.63, 3.8) is 0 Å². The Hall–Kier alpha value is -0.120. The van der Waals surface area contributed by atoms with E-state index in [1.165, 1.54) is 57.9 Å². The van der Waals surface area contributed by atoms with E-state index in [4.69, 9.17) is 10.5 Å². The first-order valence-electron chi connectivity index (χ1n) is 8.32. The Kier molecular flexibility index (Phi) is 6.11. The van der Waals surface area contributed by atoms with Crippen LogP contribution in [-0.2, 0) is 4.74 Å². The summed E-state index contributed by atoms with van der Waals surface area (Å²) in [7, 11) is 0. The average Bonchev–Trinajstić information content (AvgIpc) is 2.97. The zero-order valence-electron chi connectivity index (χ0n) is 12.7. The summed E-state index contributed by atoms with van der Waals surface area (Å²) in [4.78, 5) is 2.57. The highest BCUT2D eigenvalue weighted by atomic mass is 16.5. The van der Waals surface area contributed by atoms with Crippen molar-refractivity contribution in [2.24, 2.45) is 11.1 Å². The average molecular weight is 268 g/mol. The minimum Gasteiger partial charge on any atom is -0.377 e. The van der Waals surface area contributed by atoms with Gasteiger partial charge in [-0.1, -0.05) is 26.2 Å². The molecule has 1 aliphatic carbocycles. The van der Waals surface area contributed by atoms with Gasteiger partial charge in [-0.25, -0.2) is 0 Å². The van der Waals surface area contributed by atoms with Crippen molar-refractivity contribution in [1.29, 1.82) is 0 Å². The number of hydrogen-bond acceptors (Lipinski definition) is 3. The van der Waals surface area contributed by atoms with E-state index in [0.29, 0.717) is 11.5 Å². The van der Waals surface area contributed by atoms with Crippen molar-refractivity contribution in [1.82, 2.24) is 4.90 Å². The van der Waals surface area contributed by atoms with Gasteiger partial charge in [-0.05, 0) is 57.2 Å². The van der Waals surface area contributed by atoms with Crippen LogP contribution in [-0.4, -0.2) is 43.8 Å². The van der Waals surface area contributed by atoms with E-state index in [1.54, 1.807) is 0 Å². The fraction of sp³-hybridized carbons (Fsp3) is 1.00. The highest BCUT2D eigenvalue weighted by Crippen LogP contribution is 2.38. The first kappa shape index (κ1) is 15.3. The first-order valence-corrected chi connectivity index (χ1v) is 8.32. The van der Waals surface area contributed by atoms with E-state index >= 15 is 0 Å². The summed E-state index contributed by atoms with van der Waals surface area (Å²) in [6.45, 7) is 7.58. The van der Waals surface area contributed by atoms with Crippen molar-refractivity contribution in [2.45, 2.75) is 64.4 Å². The SMILES string of the molecule is CCN(CCC1(CN)CCCCC1)CC1CCCO1. The predicted molar refractivity (Wildman–Crippen MR) is 80.3 cm³/mol. The third-order valence-electron chi connectivity index (χ3n) is 5.24. The largest absolute Gasteiger partial charge is 0.377 e. The molecule has 3 nitrogen and oxygen atoms in total. The molecule has 1 aliphatic heterocycles. The number of hydrogen-bond donors (Lipinski definition) is 1. The van der Waals surface area contributed by atoms with Crippen molar-refractivity contribution < 1.29 is 4.74 Å². The van der Waals surface area contributed by atoms with Crippen LogP contribution in [0.25, 0.3) is 0 Å². The molecular formula is C16H32N2O. The first-order chi connectivity index (χ1) is 9.28. The minimum absolute atomic E-state index is 0.447. The second-order valence-electron chi connectivity index (χ2n) is 6.54. The van der Waals surface area contributed by atoms with Crippen LogP contribution in [0.5, 0.6) is 0 Å². The number of likely N-dealkylation sites (N-methyl/N-ethyl adjacent to an activating group) is 1. The molecule has 19 heavy (non-hydrogen) atoms. The smallest absolute Gasteiger partial charge is 0.0702 e. The molecule has 2 N–H and O–H groups in total. The summed E-state index contributed by atoms with van der Waals surface area (Å²) in [5.41, 5.74) is 6.53. The van der Waals surface area contributed by atoms with Gasteiger partial charge in [0.05, 0.1) is 6.10 Å². The monoisotopic (exact) mass is 268 g/mol. The molecule has 0 amide bonds. The Morgan fingerprint density at radius 1 is 1.21 bits per heavy atom. The molecule has 1 unspecified atom stereocenters. The van der Waals surface area contributed by atoms with Gasteiger partial charge in [0.15, 0.2) is 0 Å². The molecule has 0 radical (unpaired) electrons. The topological polar surface area (TPSA) is 38.5 Å². The van der Waals surface area contributed by atoms with Gasteiger partial charge in [-0.15, -0.1) is 0 Å². The minimum atomic E-state index is 0.447. The molecule has 1 heterocycles. The van der Waals surface area contributed by atoms with Gasteiger partial charge in [0.25, 0.3) is 0 Å². The summed E-state index contributed by atoms with van der Waals surface area (Å²) in [6.07, 6.45) is 11.1. The quantitative estimate of drug-likeness (QED) is 0.771. The van der Waals surface area contributed by atoms with Gasteiger partial charge in [0.2, 0.25) is 0 Å². The molecule has 3 heteroatoms. The fourth-order valence-electron chi connectivity index (χ4n) is 3.71. The molecule has 0 aromatic carbocycles. The van der Waals surface area contributed by atoms with Gasteiger partial charge in [-0.2, -0.15) is 0 Å². The van der Waals surface area contributed by atoms with Crippen LogP contribution in [0.1, 0.15) is 58.3 Å². The lowest BCUT2D eigenvalue weighted by atomic mass is 9.72. The van der Waals surface area contributed by atoms with Crippen molar-refractivity contribution in [3.05, 3.63) is 0 Å². The standard InChI is InChI=1S/C16H32N2O/c1-2-18(13-15-7-6-12-19-15)11-10-16(14-17)8-4-3-5-9-16/h15H,2-14,17H2,1H3. The summed E-state index contributed by atoms with van der Waals surface area (Å²) < 4.78 is 5.76. The van der Waals surface area contributed by atoms with Gasteiger partial charge in [0, 0.05) is 13.2 Å². The van der Waals surface area contributed by atoms with Gasteiger partial charge < -0.3 is 15.4 Å². The van der Waals surface area contributed by atoms with Crippen LogP contribution < -0.4 is 5.73 Å². The normalized spacial score (nSPS) is 27.0. The molecule has 1 saturated heterocycles. The lowest BCUT2D eigenvalue weighted by Crippen LogP contribution is -2.39. The second-order valence-corrected chi connectivity index (χ2v) is 6.54. The zero-order valence-corrected chi connectivity index (χ0v) is 12.7. The maximum atomic E-state index is 6.09. The van der Waals surface area contributed by atoms with Crippen molar-refractivity contribution in [3.8, 4) is 0 Å². The molecule has 0 aromatic heterocycles. The van der Waals surface area contributed by atoms with Gasteiger partial charge in [0.1, 0.15) is 0 Å². The number of ether oxygens (including phenoxy) is 1. The molecule has 0 aromatic rings. The lowest BCUT2D eigenvalue weighted by molar-refractivity contribution is 0.0657. The molecule has 0 spiro atoms. The van der Waals surface area contributed by atoms with Crippen LogP contribution in [0.3, 0.4) is 0 Å². The van der Waals surface area contributed by atoms with Crippen LogP contribution in [0.15, 0.2) is 0 Å². The Bertz CT molecular complexity index is 245. The van der Waals surface area contributed by atoms with E-state index in [1.807, 2.05) is 0 Å². The van der Waals surface area contributed by atoms with E-state index in [0.717, 1.165) is 26.2 Å². The third kappa shape index (κ3) is 4.44. The van der Waals surface area contributed by atoms with Crippen molar-refractivity contribution in [2.75, 3.05) is 32.8 Å². The summed E-state index contributed by atoms with van der Waals surface area (Å²) in [5, 5.41) is 0. The van der Waals surface area contributed by atoms with Gasteiger partial charge >= 0.3 is 0 Å².